The second kappa shape index (κ2) is 7.15. The molecule has 0 saturated heterocycles. The predicted octanol–water partition coefficient (Wildman–Crippen LogP) is 1.84. The second-order valence-electron chi connectivity index (χ2n) is 6.19. The van der Waals surface area contributed by atoms with Crippen LogP contribution in [0, 0.1) is 5.82 Å². The number of aromatic nitrogens is 4. The summed E-state index contributed by atoms with van der Waals surface area (Å²) in [7, 11) is 1.18. The Morgan fingerprint density at radius 1 is 1.21 bits per heavy atom. The number of hydrogen-bond acceptors (Lipinski definition) is 8. The highest BCUT2D eigenvalue weighted by atomic mass is 19.1. The zero-order valence-corrected chi connectivity index (χ0v) is 15.0. The van der Waals surface area contributed by atoms with E-state index in [9.17, 15) is 19.1 Å². The molecule has 9 nitrogen and oxygen atoms in total. The van der Waals surface area contributed by atoms with E-state index in [1.165, 1.54) is 36.1 Å². The number of carbonyl (C=O) groups is 2. The first-order chi connectivity index (χ1) is 14.0. The molecule has 10 heteroatoms. The molecule has 2 N–H and O–H groups in total. The van der Waals surface area contributed by atoms with E-state index < -0.39 is 23.6 Å². The molecular formula is C19H14FN5O4. The van der Waals surface area contributed by atoms with E-state index in [0.29, 0.717) is 5.56 Å². The molecule has 2 aromatic carbocycles. The number of hydrogen-bond donors (Lipinski definition) is 2. The van der Waals surface area contributed by atoms with Crippen LogP contribution in [0.5, 0.6) is 5.75 Å². The molecule has 0 spiro atoms. The normalized spacial score (nSPS) is 15.4. The molecule has 0 aliphatic carbocycles. The lowest BCUT2D eigenvalue weighted by Crippen LogP contribution is -2.32. The Morgan fingerprint density at radius 3 is 2.66 bits per heavy atom. The number of halogens is 1. The first kappa shape index (κ1) is 18.3. The van der Waals surface area contributed by atoms with Gasteiger partial charge in [0.1, 0.15) is 23.3 Å². The molecule has 0 amide bonds. The number of benzene rings is 2. The number of allylic oxidation sites excluding steroid dienone is 1. The number of phenolic OH excluding ortho intramolecular Hbond substituents is 1. The smallest absolute Gasteiger partial charge is 0.355 e. The van der Waals surface area contributed by atoms with Crippen LogP contribution in [0.4, 0.5) is 10.3 Å². The average Bonchev–Trinajstić information content (AvgIpc) is 3.20. The first-order valence-electron chi connectivity index (χ1n) is 8.46. The summed E-state index contributed by atoms with van der Waals surface area (Å²) in [6.07, 6.45) is 0. The number of methoxy groups -OCH3 is 1. The van der Waals surface area contributed by atoms with Crippen LogP contribution in [0.15, 0.2) is 59.8 Å². The fourth-order valence-electron chi connectivity index (χ4n) is 3.15. The van der Waals surface area contributed by atoms with Crippen LogP contribution < -0.4 is 5.32 Å². The summed E-state index contributed by atoms with van der Waals surface area (Å²) in [5, 5.41) is 24.0. The Morgan fingerprint density at radius 2 is 1.97 bits per heavy atom. The van der Waals surface area contributed by atoms with Crippen LogP contribution in [-0.4, -0.2) is 44.2 Å². The number of aromatic hydroxyl groups is 1. The van der Waals surface area contributed by atoms with Gasteiger partial charge in [0.25, 0.3) is 0 Å². The van der Waals surface area contributed by atoms with Crippen molar-refractivity contribution in [2.24, 2.45) is 0 Å². The van der Waals surface area contributed by atoms with Crippen molar-refractivity contribution in [1.82, 2.24) is 20.2 Å². The van der Waals surface area contributed by atoms with Crippen molar-refractivity contribution in [3.8, 4) is 5.75 Å². The molecule has 29 heavy (non-hydrogen) atoms. The number of fused-ring (bicyclic) bond motifs is 1. The van der Waals surface area contributed by atoms with Crippen LogP contribution >= 0.6 is 0 Å². The van der Waals surface area contributed by atoms with Crippen LogP contribution in [0.1, 0.15) is 22.0 Å². The number of ketones is 1. The molecule has 0 saturated carbocycles. The van der Waals surface area contributed by atoms with Gasteiger partial charge in [0.15, 0.2) is 5.78 Å². The molecule has 2 heterocycles. The van der Waals surface area contributed by atoms with Crippen molar-refractivity contribution in [2.75, 3.05) is 12.4 Å². The van der Waals surface area contributed by atoms with Gasteiger partial charge in [-0.2, -0.15) is 4.68 Å². The van der Waals surface area contributed by atoms with E-state index in [2.05, 4.69) is 20.8 Å². The number of phenols is 1. The van der Waals surface area contributed by atoms with Gasteiger partial charge in [0.2, 0.25) is 5.95 Å². The van der Waals surface area contributed by atoms with Crippen LogP contribution in [0.25, 0.3) is 0 Å². The van der Waals surface area contributed by atoms with Gasteiger partial charge in [-0.25, -0.2) is 9.18 Å². The van der Waals surface area contributed by atoms with Crippen LogP contribution in [0.3, 0.4) is 0 Å². The number of ether oxygens (including phenoxy) is 1. The van der Waals surface area contributed by atoms with Gasteiger partial charge in [-0.1, -0.05) is 17.2 Å². The van der Waals surface area contributed by atoms with Gasteiger partial charge in [0.05, 0.1) is 12.7 Å². The van der Waals surface area contributed by atoms with Crippen molar-refractivity contribution < 1.29 is 23.8 Å². The second-order valence-corrected chi connectivity index (χ2v) is 6.19. The van der Waals surface area contributed by atoms with E-state index in [1.54, 1.807) is 12.1 Å². The van der Waals surface area contributed by atoms with E-state index >= 15 is 0 Å². The fraction of sp³-hybridized carbons (Fsp3) is 0.105. The molecule has 1 aliphatic heterocycles. The molecule has 0 unspecified atom stereocenters. The predicted molar refractivity (Wildman–Crippen MR) is 97.5 cm³/mol. The Labute approximate surface area is 163 Å². The highest BCUT2D eigenvalue weighted by molar-refractivity contribution is 6.14. The van der Waals surface area contributed by atoms with Crippen molar-refractivity contribution >= 4 is 17.7 Å². The summed E-state index contributed by atoms with van der Waals surface area (Å²) in [6, 6.07) is 10.2. The summed E-state index contributed by atoms with van der Waals surface area (Å²) < 4.78 is 19.5. The Hall–Kier alpha value is -4.08. The number of esters is 1. The van der Waals surface area contributed by atoms with Gasteiger partial charge < -0.3 is 15.2 Å². The van der Waals surface area contributed by atoms with Gasteiger partial charge in [-0.05, 0) is 52.4 Å². The number of anilines is 1. The number of tetrazole rings is 1. The molecule has 0 bridgehead atoms. The van der Waals surface area contributed by atoms with Gasteiger partial charge in [-0.15, -0.1) is 0 Å². The summed E-state index contributed by atoms with van der Waals surface area (Å²) in [4.78, 5) is 25.8. The minimum Gasteiger partial charge on any atom is -0.508 e. The zero-order valence-electron chi connectivity index (χ0n) is 15.0. The molecule has 0 radical (unpaired) electrons. The molecule has 1 aromatic heterocycles. The lowest BCUT2D eigenvalue weighted by atomic mass is 9.89. The van der Waals surface area contributed by atoms with Crippen molar-refractivity contribution in [3.63, 3.8) is 0 Å². The summed E-state index contributed by atoms with van der Waals surface area (Å²) in [5.74, 6) is -1.77. The lowest BCUT2D eigenvalue weighted by Gasteiger charge is -2.28. The van der Waals surface area contributed by atoms with Crippen LogP contribution in [0.2, 0.25) is 0 Å². The topological polar surface area (TPSA) is 119 Å². The Bertz CT molecular complexity index is 1140. The molecule has 1 aliphatic rings. The van der Waals surface area contributed by atoms with Gasteiger partial charge in [-0.3, -0.25) is 4.79 Å². The minimum atomic E-state index is -0.931. The largest absolute Gasteiger partial charge is 0.508 e. The van der Waals surface area contributed by atoms with Crippen molar-refractivity contribution in [3.05, 3.63) is 76.7 Å². The third-order valence-electron chi connectivity index (χ3n) is 4.44. The molecule has 0 fully saturated rings. The first-order valence-corrected chi connectivity index (χ1v) is 8.46. The Kier molecular flexibility index (Phi) is 4.51. The van der Waals surface area contributed by atoms with Crippen molar-refractivity contribution in [1.29, 1.82) is 0 Å². The van der Waals surface area contributed by atoms with E-state index in [-0.39, 0.29) is 28.5 Å². The quantitative estimate of drug-likeness (QED) is 0.507. The number of rotatable bonds is 4. The number of nitrogens with one attached hydrogen (secondary N) is 1. The third-order valence-corrected chi connectivity index (χ3v) is 4.44. The van der Waals surface area contributed by atoms with Crippen molar-refractivity contribution in [2.45, 2.75) is 6.04 Å². The summed E-state index contributed by atoms with van der Waals surface area (Å²) in [5.41, 5.74) is 0.476. The number of carbonyl (C=O) groups excluding carboxylic acids is 2. The molecule has 3 aromatic rings. The number of Topliss-reactive ketones (excluding diaryl/α,β-unsaturated/α-hetero) is 1. The summed E-state index contributed by atoms with van der Waals surface area (Å²) >= 11 is 0. The number of nitrogens with zero attached hydrogens (tertiary/aromatic N) is 4. The highest BCUT2D eigenvalue weighted by Crippen LogP contribution is 2.37. The van der Waals surface area contributed by atoms with E-state index in [4.69, 9.17) is 4.74 Å². The van der Waals surface area contributed by atoms with Gasteiger partial charge in [0, 0.05) is 5.56 Å². The van der Waals surface area contributed by atoms with Gasteiger partial charge >= 0.3 is 5.97 Å². The summed E-state index contributed by atoms with van der Waals surface area (Å²) in [6.45, 7) is 0. The zero-order chi connectivity index (χ0) is 20.5. The highest BCUT2D eigenvalue weighted by Gasteiger charge is 2.38. The SMILES string of the molecule is COC(=O)C1=C(C(=O)c2ccc(F)cc2)[C@H](c2cccc(O)c2)n2nnnc2N1. The van der Waals surface area contributed by atoms with E-state index in [0.717, 1.165) is 12.1 Å². The molecular weight excluding hydrogens is 381 g/mol. The lowest BCUT2D eigenvalue weighted by molar-refractivity contribution is -0.136. The fourth-order valence-corrected chi connectivity index (χ4v) is 3.15. The Balaban J connectivity index is 1.95. The average molecular weight is 395 g/mol. The molecule has 4 rings (SSSR count). The maximum absolute atomic E-state index is 13.4. The maximum atomic E-state index is 13.4. The van der Waals surface area contributed by atoms with E-state index in [1.807, 2.05) is 0 Å². The minimum absolute atomic E-state index is 0.00569. The monoisotopic (exact) mass is 395 g/mol. The third kappa shape index (κ3) is 3.20. The maximum Gasteiger partial charge on any atom is 0.355 e. The molecule has 146 valence electrons. The van der Waals surface area contributed by atoms with Crippen LogP contribution in [-0.2, 0) is 9.53 Å². The standard InChI is InChI=1S/C19H14FN5O4/c1-29-18(28)15-14(17(27)10-5-7-12(20)8-6-10)16(11-3-2-4-13(26)9-11)25-19(21-15)22-23-24-25/h2-9,16,26H,1H3,(H,21,22,24)/t16-/m0/s1. The molecule has 1 atom stereocenters.